The number of amides is 1. The molecule has 0 atom stereocenters. The van der Waals surface area contributed by atoms with Crippen LogP contribution >= 0.6 is 0 Å². The van der Waals surface area contributed by atoms with E-state index in [0.717, 1.165) is 22.1 Å². The van der Waals surface area contributed by atoms with Gasteiger partial charge in [0, 0.05) is 29.6 Å². The van der Waals surface area contributed by atoms with E-state index >= 15 is 0 Å². The Hall–Kier alpha value is -3.54. The number of carbonyl (C=O) groups excluding carboxylic acids is 1. The van der Waals surface area contributed by atoms with E-state index in [1.54, 1.807) is 36.5 Å². The third-order valence-corrected chi connectivity index (χ3v) is 5.62. The second-order valence-corrected chi connectivity index (χ2v) is 7.83. The number of carbonyl (C=O) groups is 1. The highest BCUT2D eigenvalue weighted by Crippen LogP contribution is 2.29. The maximum absolute atomic E-state index is 13.4. The van der Waals surface area contributed by atoms with Crippen LogP contribution in [0, 0.1) is 17.5 Å². The van der Waals surface area contributed by atoms with Gasteiger partial charge in [0.2, 0.25) is 5.91 Å². The number of aromatic nitrogens is 1. The van der Waals surface area contributed by atoms with Gasteiger partial charge < -0.3 is 10.3 Å². The smallest absolute Gasteiger partial charge is 0.224 e. The highest BCUT2D eigenvalue weighted by atomic mass is 19.1. The van der Waals surface area contributed by atoms with Crippen LogP contribution in [-0.2, 0) is 11.2 Å². The summed E-state index contributed by atoms with van der Waals surface area (Å²) in [6.45, 7) is 0.481. The van der Waals surface area contributed by atoms with Crippen LogP contribution in [-0.4, -0.2) is 17.4 Å². The predicted molar refractivity (Wildman–Crippen MR) is 119 cm³/mol. The average Bonchev–Trinajstić information content (AvgIpc) is 3.17. The fraction of sp³-hybridized carbons (Fsp3) is 0.192. The molecule has 0 spiro atoms. The zero-order chi connectivity index (χ0) is 22.5. The molecule has 0 saturated heterocycles. The van der Waals surface area contributed by atoms with Gasteiger partial charge in [0.15, 0.2) is 0 Å². The molecular weight excluding hydrogens is 413 g/mol. The molecule has 0 unspecified atom stereocenters. The first kappa shape index (κ1) is 21.7. The molecule has 0 aliphatic carbocycles. The van der Waals surface area contributed by atoms with Gasteiger partial charge in [-0.1, -0.05) is 24.3 Å². The Morgan fingerprint density at radius 1 is 0.844 bits per heavy atom. The normalized spacial score (nSPS) is 11.2. The van der Waals surface area contributed by atoms with E-state index in [2.05, 4.69) is 10.3 Å². The van der Waals surface area contributed by atoms with Gasteiger partial charge in [-0.25, -0.2) is 13.2 Å². The van der Waals surface area contributed by atoms with Crippen molar-refractivity contribution in [3.63, 3.8) is 0 Å². The van der Waals surface area contributed by atoms with Gasteiger partial charge in [0.25, 0.3) is 0 Å². The Bertz CT molecular complexity index is 1150. The summed E-state index contributed by atoms with van der Waals surface area (Å²) < 4.78 is 40.0. The molecular formula is C26H23F3N2O. The van der Waals surface area contributed by atoms with Gasteiger partial charge in [-0.2, -0.15) is 0 Å². The number of aromatic amines is 1. The minimum absolute atomic E-state index is 0.0309. The average molecular weight is 436 g/mol. The summed E-state index contributed by atoms with van der Waals surface area (Å²) in [6, 6.07) is 17.1. The number of H-pyrrole nitrogens is 1. The van der Waals surface area contributed by atoms with Crippen LogP contribution in [0.15, 0.2) is 72.9 Å². The van der Waals surface area contributed by atoms with Crippen molar-refractivity contribution in [2.24, 2.45) is 0 Å². The molecule has 4 aromatic rings. The van der Waals surface area contributed by atoms with Crippen molar-refractivity contribution < 1.29 is 18.0 Å². The van der Waals surface area contributed by atoms with E-state index in [9.17, 15) is 18.0 Å². The van der Waals surface area contributed by atoms with E-state index in [1.165, 1.54) is 36.4 Å². The second-order valence-electron chi connectivity index (χ2n) is 7.83. The molecule has 0 aliphatic heterocycles. The first-order valence-electron chi connectivity index (χ1n) is 10.5. The van der Waals surface area contributed by atoms with Crippen molar-refractivity contribution in [1.29, 1.82) is 0 Å². The van der Waals surface area contributed by atoms with Crippen LogP contribution in [0.4, 0.5) is 13.2 Å². The molecule has 164 valence electrons. The second kappa shape index (κ2) is 9.73. The molecule has 1 amide bonds. The van der Waals surface area contributed by atoms with Gasteiger partial charge in [-0.3, -0.25) is 4.79 Å². The molecule has 3 nitrogen and oxygen atoms in total. The van der Waals surface area contributed by atoms with Crippen LogP contribution in [0.25, 0.3) is 10.9 Å². The van der Waals surface area contributed by atoms with E-state index < -0.39 is 0 Å². The minimum atomic E-state index is -0.327. The van der Waals surface area contributed by atoms with Crippen molar-refractivity contribution in [3.8, 4) is 0 Å². The summed E-state index contributed by atoms with van der Waals surface area (Å²) in [5, 5.41) is 3.75. The molecule has 6 heteroatoms. The summed E-state index contributed by atoms with van der Waals surface area (Å²) in [5.41, 5.74) is 3.35. The third kappa shape index (κ3) is 5.19. The Labute approximate surface area is 184 Å². The zero-order valence-electron chi connectivity index (χ0n) is 17.4. The summed E-state index contributed by atoms with van der Waals surface area (Å²) in [4.78, 5) is 15.4. The summed E-state index contributed by atoms with van der Waals surface area (Å²) in [5.74, 6) is -1.09. The van der Waals surface area contributed by atoms with E-state index in [1.807, 2.05) is 0 Å². The lowest BCUT2D eigenvalue weighted by Crippen LogP contribution is -2.26. The zero-order valence-corrected chi connectivity index (χ0v) is 17.4. The largest absolute Gasteiger partial charge is 0.361 e. The van der Waals surface area contributed by atoms with E-state index in [0.29, 0.717) is 24.9 Å². The molecule has 1 heterocycles. The maximum atomic E-state index is 13.4. The molecule has 0 fully saturated rings. The SMILES string of the molecule is O=C(Cc1c[nH]c2cc(F)ccc12)NCCCC(c1ccc(F)cc1)c1ccc(F)cc1. The lowest BCUT2D eigenvalue weighted by molar-refractivity contribution is -0.120. The number of halogens is 3. The van der Waals surface area contributed by atoms with Crippen molar-refractivity contribution in [2.75, 3.05) is 6.54 Å². The number of rotatable bonds is 8. The van der Waals surface area contributed by atoms with Crippen molar-refractivity contribution in [3.05, 3.63) is 107 Å². The molecule has 2 N–H and O–H groups in total. The van der Waals surface area contributed by atoms with Gasteiger partial charge in [0.05, 0.1) is 6.42 Å². The summed E-state index contributed by atoms with van der Waals surface area (Å²) in [7, 11) is 0. The number of hydrogen-bond donors (Lipinski definition) is 2. The molecule has 0 aliphatic rings. The number of hydrogen-bond acceptors (Lipinski definition) is 1. The Morgan fingerprint density at radius 3 is 2.06 bits per heavy atom. The highest BCUT2D eigenvalue weighted by molar-refractivity contribution is 5.88. The van der Waals surface area contributed by atoms with Crippen LogP contribution in [0.1, 0.15) is 35.4 Å². The first-order chi connectivity index (χ1) is 15.5. The Kier molecular flexibility index (Phi) is 6.59. The fourth-order valence-corrected chi connectivity index (χ4v) is 3.99. The van der Waals surface area contributed by atoms with Gasteiger partial charge in [-0.05, 0) is 72.0 Å². The monoisotopic (exact) mass is 436 g/mol. The van der Waals surface area contributed by atoms with Crippen LogP contribution < -0.4 is 5.32 Å². The van der Waals surface area contributed by atoms with Crippen molar-refractivity contribution in [1.82, 2.24) is 10.3 Å². The van der Waals surface area contributed by atoms with Gasteiger partial charge >= 0.3 is 0 Å². The van der Waals surface area contributed by atoms with E-state index in [4.69, 9.17) is 0 Å². The van der Waals surface area contributed by atoms with Crippen molar-refractivity contribution >= 4 is 16.8 Å². The lowest BCUT2D eigenvalue weighted by atomic mass is 9.87. The quantitative estimate of drug-likeness (QED) is 0.334. The van der Waals surface area contributed by atoms with Crippen LogP contribution in [0.2, 0.25) is 0 Å². The topological polar surface area (TPSA) is 44.9 Å². The molecule has 4 rings (SSSR count). The standard InChI is InChI=1S/C26H23F3N2O/c27-20-7-3-17(4-8-20)23(18-5-9-21(28)10-6-18)2-1-13-30-26(32)14-19-16-31-25-15-22(29)11-12-24(19)25/h3-12,15-16,23,31H,1-2,13-14H2,(H,30,32). The van der Waals surface area contributed by atoms with Crippen LogP contribution in [0.3, 0.4) is 0 Å². The van der Waals surface area contributed by atoms with E-state index in [-0.39, 0.29) is 35.7 Å². The number of nitrogens with one attached hydrogen (secondary N) is 2. The van der Waals surface area contributed by atoms with Gasteiger partial charge in [0.1, 0.15) is 17.5 Å². The molecule has 3 aromatic carbocycles. The Morgan fingerprint density at radius 2 is 1.44 bits per heavy atom. The highest BCUT2D eigenvalue weighted by Gasteiger charge is 2.15. The third-order valence-electron chi connectivity index (χ3n) is 5.62. The maximum Gasteiger partial charge on any atom is 0.224 e. The number of benzene rings is 3. The Balaban J connectivity index is 1.35. The minimum Gasteiger partial charge on any atom is -0.361 e. The van der Waals surface area contributed by atoms with Crippen LogP contribution in [0.5, 0.6) is 0 Å². The summed E-state index contributed by atoms with van der Waals surface area (Å²) >= 11 is 0. The first-order valence-corrected chi connectivity index (χ1v) is 10.5. The number of fused-ring (bicyclic) bond motifs is 1. The molecule has 0 bridgehead atoms. The summed E-state index contributed by atoms with van der Waals surface area (Å²) in [6.07, 6.45) is 3.34. The fourth-order valence-electron chi connectivity index (χ4n) is 3.99. The molecule has 0 saturated carbocycles. The predicted octanol–water partition coefficient (Wildman–Crippen LogP) is 5.86. The molecule has 1 aromatic heterocycles. The molecule has 32 heavy (non-hydrogen) atoms. The van der Waals surface area contributed by atoms with Crippen molar-refractivity contribution in [2.45, 2.75) is 25.2 Å². The van der Waals surface area contributed by atoms with Gasteiger partial charge in [-0.15, -0.1) is 0 Å². The molecule has 0 radical (unpaired) electrons. The lowest BCUT2D eigenvalue weighted by Gasteiger charge is -2.18.